The molecule has 5 aliphatic rings. The van der Waals surface area contributed by atoms with E-state index in [0.29, 0.717) is 22.8 Å². The highest BCUT2D eigenvalue weighted by Crippen LogP contribution is 2.76. The van der Waals surface area contributed by atoms with Gasteiger partial charge in [-0.05, 0) is 110 Å². The number of rotatable bonds is 2. The van der Waals surface area contributed by atoms with Crippen LogP contribution in [-0.4, -0.2) is 12.1 Å². The Balaban J connectivity index is 1.26. The predicted molar refractivity (Wildman–Crippen MR) is 128 cm³/mol. The molecule has 0 heterocycles. The number of nitrogens with zero attached hydrogens (tertiary/aromatic N) is 1. The third-order valence-corrected chi connectivity index (χ3v) is 11.9. The Kier molecular flexibility index (Phi) is 4.82. The molecule has 1 spiro atoms. The van der Waals surface area contributed by atoms with Crippen molar-refractivity contribution in [1.29, 1.82) is 5.26 Å². The molecule has 176 valence electrons. The number of benzene rings is 1. The molecule has 5 saturated carbocycles. The molecular weight excluding hydrogens is 406 g/mol. The van der Waals surface area contributed by atoms with Gasteiger partial charge in [0.2, 0.25) is 0 Å². The van der Waals surface area contributed by atoms with E-state index >= 15 is 0 Å². The molecule has 3 heteroatoms. The number of nitriles is 1. The summed E-state index contributed by atoms with van der Waals surface area (Å²) in [6.07, 6.45) is 11.0. The largest absolute Gasteiger partial charge is 0.458 e. The Morgan fingerprint density at radius 1 is 0.970 bits per heavy atom. The van der Waals surface area contributed by atoms with Crippen LogP contribution in [0.25, 0.3) is 0 Å². The summed E-state index contributed by atoms with van der Waals surface area (Å²) >= 11 is 0. The first-order valence-electron chi connectivity index (χ1n) is 13.5. The van der Waals surface area contributed by atoms with Crippen molar-refractivity contribution in [2.24, 2.45) is 51.8 Å². The summed E-state index contributed by atoms with van der Waals surface area (Å²) in [7, 11) is 0. The molecule has 1 aromatic carbocycles. The molecule has 0 aromatic heterocycles. The molecule has 0 radical (unpaired) electrons. The van der Waals surface area contributed by atoms with Gasteiger partial charge in [-0.15, -0.1) is 0 Å². The molecule has 10 atom stereocenters. The smallest absolute Gasteiger partial charge is 0.338 e. The van der Waals surface area contributed by atoms with E-state index in [-0.39, 0.29) is 28.8 Å². The van der Waals surface area contributed by atoms with Crippen molar-refractivity contribution in [3.8, 4) is 6.07 Å². The van der Waals surface area contributed by atoms with E-state index in [2.05, 4.69) is 26.8 Å². The zero-order valence-electron chi connectivity index (χ0n) is 20.6. The molecule has 0 bridgehead atoms. The molecule has 0 N–H and O–H groups in total. The van der Waals surface area contributed by atoms with Crippen LogP contribution in [0.4, 0.5) is 0 Å². The lowest BCUT2D eigenvalue weighted by molar-refractivity contribution is -0.162. The van der Waals surface area contributed by atoms with Crippen molar-refractivity contribution in [2.75, 3.05) is 0 Å². The molecule has 3 nitrogen and oxygen atoms in total. The highest BCUT2D eigenvalue weighted by Gasteiger charge is 2.71. The van der Waals surface area contributed by atoms with Crippen molar-refractivity contribution in [3.63, 3.8) is 0 Å². The normalized spacial score (nSPS) is 49.9. The number of fused-ring (bicyclic) bond motifs is 6. The maximum absolute atomic E-state index is 13.0. The number of esters is 1. The van der Waals surface area contributed by atoms with Crippen molar-refractivity contribution in [2.45, 2.75) is 84.7 Å². The highest BCUT2D eigenvalue weighted by molar-refractivity contribution is 5.89. The fourth-order valence-electron chi connectivity index (χ4n) is 10.2. The number of carbonyl (C=O) groups is 1. The number of ether oxygens (including phenoxy) is 1. The number of hydrogen-bond donors (Lipinski definition) is 0. The Labute approximate surface area is 199 Å². The molecular formula is C30H39NO2. The zero-order valence-corrected chi connectivity index (χ0v) is 20.6. The van der Waals surface area contributed by atoms with Gasteiger partial charge in [-0.3, -0.25) is 0 Å². The van der Waals surface area contributed by atoms with E-state index in [9.17, 15) is 10.1 Å². The van der Waals surface area contributed by atoms with Crippen molar-refractivity contribution in [1.82, 2.24) is 0 Å². The SMILES string of the molecule is CC1CC12[C@H](OC(=O)c1ccccc1)CC[C@]1(C)[C@H]3CCC4(C)[C@@H](C#N)CC[C@H]4[C@@H]3CC[C@@H]21. The third kappa shape index (κ3) is 2.88. The van der Waals surface area contributed by atoms with Gasteiger partial charge in [-0.25, -0.2) is 4.79 Å². The lowest BCUT2D eigenvalue weighted by Crippen LogP contribution is -2.58. The molecule has 33 heavy (non-hydrogen) atoms. The monoisotopic (exact) mass is 445 g/mol. The van der Waals surface area contributed by atoms with Gasteiger partial charge in [0, 0.05) is 5.41 Å². The van der Waals surface area contributed by atoms with Crippen molar-refractivity contribution >= 4 is 5.97 Å². The van der Waals surface area contributed by atoms with Crippen LogP contribution in [0.3, 0.4) is 0 Å². The standard InChI is InChI=1S/C30H39NO2/c1-19-17-30(19)25-12-10-22-23-11-9-21(18-31)28(23,2)15-13-24(22)29(25,3)16-14-26(30)33-27(32)20-7-5-4-6-8-20/h4-8,19,21-26H,9-17H2,1-3H3/t19?,21-,22+,23+,24+,25-,26-,28?,29-,30?/m1/s1. The molecule has 0 amide bonds. The quantitative estimate of drug-likeness (QED) is 0.459. The first-order chi connectivity index (χ1) is 15.8. The first kappa shape index (κ1) is 21.7. The molecule has 6 rings (SSSR count). The molecule has 1 aromatic rings. The second-order valence-corrected chi connectivity index (χ2v) is 12.8. The van der Waals surface area contributed by atoms with Crippen LogP contribution in [-0.2, 0) is 4.74 Å². The highest BCUT2D eigenvalue weighted by atomic mass is 16.5. The maximum atomic E-state index is 13.0. The van der Waals surface area contributed by atoms with Crippen LogP contribution in [0.15, 0.2) is 30.3 Å². The molecule has 5 fully saturated rings. The zero-order chi connectivity index (χ0) is 23.0. The van der Waals surface area contributed by atoms with Gasteiger partial charge in [-0.2, -0.15) is 5.26 Å². The Morgan fingerprint density at radius 3 is 2.36 bits per heavy atom. The summed E-state index contributed by atoms with van der Waals surface area (Å²) in [5.41, 5.74) is 1.47. The van der Waals surface area contributed by atoms with Crippen LogP contribution < -0.4 is 0 Å². The van der Waals surface area contributed by atoms with E-state index in [0.717, 1.165) is 30.6 Å². The Bertz CT molecular complexity index is 983. The van der Waals surface area contributed by atoms with Gasteiger partial charge in [-0.1, -0.05) is 39.0 Å². The van der Waals surface area contributed by atoms with E-state index in [1.165, 1.54) is 44.9 Å². The number of carbonyl (C=O) groups excluding carboxylic acids is 1. The summed E-state index contributed by atoms with van der Waals surface area (Å²) < 4.78 is 6.29. The average molecular weight is 446 g/mol. The molecule has 5 aliphatic carbocycles. The van der Waals surface area contributed by atoms with Crippen LogP contribution in [0.1, 0.15) is 88.9 Å². The number of hydrogen-bond acceptors (Lipinski definition) is 3. The molecule has 3 unspecified atom stereocenters. The van der Waals surface area contributed by atoms with Gasteiger partial charge in [0.05, 0.1) is 17.6 Å². The van der Waals surface area contributed by atoms with Crippen LogP contribution in [0.2, 0.25) is 0 Å². The fourth-order valence-corrected chi connectivity index (χ4v) is 10.2. The molecule has 0 aliphatic heterocycles. The lowest BCUT2D eigenvalue weighted by atomic mass is 9.42. The lowest BCUT2D eigenvalue weighted by Gasteiger charge is -2.63. The third-order valence-electron chi connectivity index (χ3n) is 11.9. The van der Waals surface area contributed by atoms with Crippen LogP contribution >= 0.6 is 0 Å². The van der Waals surface area contributed by atoms with Gasteiger partial charge in [0.25, 0.3) is 0 Å². The second-order valence-electron chi connectivity index (χ2n) is 12.8. The Morgan fingerprint density at radius 2 is 1.67 bits per heavy atom. The maximum Gasteiger partial charge on any atom is 0.338 e. The van der Waals surface area contributed by atoms with Crippen molar-refractivity contribution < 1.29 is 9.53 Å². The molecule has 0 saturated heterocycles. The van der Waals surface area contributed by atoms with Gasteiger partial charge < -0.3 is 4.74 Å². The van der Waals surface area contributed by atoms with E-state index < -0.39 is 0 Å². The van der Waals surface area contributed by atoms with E-state index in [4.69, 9.17) is 4.74 Å². The minimum absolute atomic E-state index is 0.0677. The Hall–Kier alpha value is -1.82. The van der Waals surface area contributed by atoms with Gasteiger partial charge >= 0.3 is 5.97 Å². The summed E-state index contributed by atoms with van der Waals surface area (Å²) in [5, 5.41) is 9.80. The first-order valence-corrected chi connectivity index (χ1v) is 13.5. The van der Waals surface area contributed by atoms with Gasteiger partial charge in [0.15, 0.2) is 0 Å². The summed E-state index contributed by atoms with van der Waals surface area (Å²) in [6, 6.07) is 12.2. The van der Waals surface area contributed by atoms with Gasteiger partial charge in [0.1, 0.15) is 6.10 Å². The summed E-state index contributed by atoms with van der Waals surface area (Å²) in [4.78, 5) is 13.0. The fraction of sp³-hybridized carbons (Fsp3) is 0.733. The van der Waals surface area contributed by atoms with Crippen LogP contribution in [0, 0.1) is 63.1 Å². The second kappa shape index (κ2) is 7.34. The topological polar surface area (TPSA) is 50.1 Å². The van der Waals surface area contributed by atoms with E-state index in [1.807, 2.05) is 30.3 Å². The minimum atomic E-state index is -0.140. The van der Waals surface area contributed by atoms with E-state index in [1.54, 1.807) is 0 Å². The van der Waals surface area contributed by atoms with Crippen LogP contribution in [0.5, 0.6) is 0 Å². The minimum Gasteiger partial charge on any atom is -0.458 e. The van der Waals surface area contributed by atoms with Crippen molar-refractivity contribution in [3.05, 3.63) is 35.9 Å². The average Bonchev–Trinajstić information content (AvgIpc) is 3.34. The predicted octanol–water partition coefficient (Wildman–Crippen LogP) is 7.03. The summed E-state index contributed by atoms with van der Waals surface area (Å²) in [5.74, 6) is 3.74. The summed E-state index contributed by atoms with van der Waals surface area (Å²) in [6.45, 7) is 7.44.